The third-order valence-electron chi connectivity index (χ3n) is 3.86. The summed E-state index contributed by atoms with van der Waals surface area (Å²) in [5.74, 6) is -1.48. The van der Waals surface area contributed by atoms with Crippen LogP contribution >= 0.6 is 11.8 Å². The molecule has 1 aromatic carbocycles. The molecule has 8 nitrogen and oxygen atoms in total. The zero-order chi connectivity index (χ0) is 22.9. The normalized spacial score (nSPS) is 12.0. The molecule has 10 heteroatoms. The van der Waals surface area contributed by atoms with Crippen LogP contribution in [0.2, 0.25) is 0 Å². The summed E-state index contributed by atoms with van der Waals surface area (Å²) in [7, 11) is -4.04. The molecule has 1 N–H and O–H groups in total. The van der Waals surface area contributed by atoms with Gasteiger partial charge >= 0.3 is 17.6 Å². The van der Waals surface area contributed by atoms with Crippen molar-refractivity contribution < 1.29 is 32.0 Å². The minimum Gasteiger partial charge on any atom is -0.465 e. The van der Waals surface area contributed by atoms with Crippen LogP contribution < -0.4 is 9.29 Å². The van der Waals surface area contributed by atoms with Crippen LogP contribution in [0.5, 0.6) is 0 Å². The number of ether oxygens (including phenoxy) is 2. The molecule has 0 aliphatic carbocycles. The van der Waals surface area contributed by atoms with Crippen molar-refractivity contribution >= 4 is 39.4 Å². The van der Waals surface area contributed by atoms with Gasteiger partial charge in [-0.05, 0) is 32.9 Å². The van der Waals surface area contributed by atoms with Gasteiger partial charge in [0.25, 0.3) is 10.0 Å². The second kappa shape index (κ2) is 11.5. The number of carbonyl (C=O) groups is 2. The molecule has 0 radical (unpaired) electrons. The Bertz CT molecular complexity index is 1040. The van der Waals surface area contributed by atoms with E-state index in [0.29, 0.717) is 0 Å². The average Bonchev–Trinajstić information content (AvgIpc) is 2.73. The lowest BCUT2D eigenvalue weighted by atomic mass is 10.2. The Morgan fingerprint density at radius 2 is 1.61 bits per heavy atom. The summed E-state index contributed by atoms with van der Waals surface area (Å²) in [4.78, 5) is 24.7. The molecule has 0 saturated carbocycles. The number of carbonyl (C=O) groups excluding carboxylic acids is 2. The van der Waals surface area contributed by atoms with Gasteiger partial charge in [-0.2, -0.15) is 4.57 Å². The number of hydrogen-bond acceptors (Lipinski definition) is 7. The number of nitrogens with one attached hydrogen (secondary N) is 1. The molecule has 0 unspecified atom stereocenters. The van der Waals surface area contributed by atoms with Gasteiger partial charge in [-0.15, -0.1) is 0 Å². The Hall–Kier alpha value is -2.85. The van der Waals surface area contributed by atoms with Crippen LogP contribution in [0.15, 0.2) is 64.8 Å². The third-order valence-corrected chi connectivity index (χ3v) is 6.31. The van der Waals surface area contributed by atoms with Crippen molar-refractivity contribution in [2.24, 2.45) is 0 Å². The van der Waals surface area contributed by atoms with Crippen molar-refractivity contribution in [2.45, 2.75) is 25.7 Å². The van der Waals surface area contributed by atoms with E-state index in [4.69, 9.17) is 9.47 Å². The van der Waals surface area contributed by atoms with Crippen LogP contribution in [0.4, 0.5) is 0 Å². The molecule has 1 aromatic heterocycles. The van der Waals surface area contributed by atoms with Crippen LogP contribution in [0.3, 0.4) is 0 Å². The van der Waals surface area contributed by atoms with E-state index in [0.717, 1.165) is 17.3 Å². The molecule has 2 rings (SSSR count). The summed E-state index contributed by atoms with van der Waals surface area (Å²) in [5, 5.41) is -0.0525. The number of thioether (sulfide) groups is 1. The molecular weight excluding hydrogens is 440 g/mol. The number of benzene rings is 1. The number of aryl methyl sites for hydroxylation is 1. The fraction of sp³-hybridized carbons (Fsp3) is 0.286. The van der Waals surface area contributed by atoms with E-state index in [9.17, 15) is 18.0 Å². The fourth-order valence-corrected chi connectivity index (χ4v) is 4.63. The summed E-state index contributed by atoms with van der Waals surface area (Å²) in [6.45, 7) is 5.44. The maximum atomic E-state index is 13.0. The summed E-state index contributed by atoms with van der Waals surface area (Å²) < 4.78 is 40.0. The van der Waals surface area contributed by atoms with Crippen LogP contribution in [0.1, 0.15) is 19.4 Å². The topological polar surface area (TPSA) is 103 Å². The fourth-order valence-electron chi connectivity index (χ4n) is 2.44. The highest BCUT2D eigenvalue weighted by atomic mass is 32.2. The van der Waals surface area contributed by atoms with E-state index in [1.54, 1.807) is 56.6 Å². The predicted molar refractivity (Wildman–Crippen MR) is 117 cm³/mol. The number of hydrogen-bond donors (Lipinski definition) is 1. The zero-order valence-electron chi connectivity index (χ0n) is 17.5. The van der Waals surface area contributed by atoms with Gasteiger partial charge in [0, 0.05) is 12.1 Å². The molecular formula is C21H25N2O6S2+. The highest BCUT2D eigenvalue weighted by molar-refractivity contribution is 8.04. The molecule has 0 saturated heterocycles. The molecule has 0 spiro atoms. The van der Waals surface area contributed by atoms with Crippen LogP contribution in [0.25, 0.3) is 5.70 Å². The standard InChI is InChI=1S/C21H24N2O6S2/c1-4-28-18(24)15-30-20(22-31(26,27)17-11-9-16(3)10-12-17)19(21(25)29-5-2)23-13-7-6-8-14-23/h6-14H,4-5,15H2,1-3H3/p+1. The molecule has 0 fully saturated rings. The highest BCUT2D eigenvalue weighted by Crippen LogP contribution is 2.22. The van der Waals surface area contributed by atoms with Gasteiger partial charge in [-0.25, -0.2) is 13.2 Å². The maximum Gasteiger partial charge on any atom is 0.407 e. The zero-order valence-corrected chi connectivity index (χ0v) is 19.2. The smallest absolute Gasteiger partial charge is 0.407 e. The number of aromatic nitrogens is 1. The largest absolute Gasteiger partial charge is 0.465 e. The molecule has 166 valence electrons. The van der Waals surface area contributed by atoms with Crippen LogP contribution in [-0.4, -0.2) is 39.3 Å². The van der Waals surface area contributed by atoms with Crippen molar-refractivity contribution in [1.82, 2.24) is 4.72 Å². The Morgan fingerprint density at radius 1 is 1.00 bits per heavy atom. The van der Waals surface area contributed by atoms with Gasteiger partial charge in [0.15, 0.2) is 17.4 Å². The third kappa shape index (κ3) is 7.11. The lowest BCUT2D eigenvalue weighted by Crippen LogP contribution is -2.40. The van der Waals surface area contributed by atoms with Crippen molar-refractivity contribution in [2.75, 3.05) is 19.0 Å². The monoisotopic (exact) mass is 465 g/mol. The van der Waals surface area contributed by atoms with E-state index >= 15 is 0 Å². The van der Waals surface area contributed by atoms with E-state index in [-0.39, 0.29) is 34.6 Å². The SMILES string of the molecule is CCOC(=O)CSC(NS(=O)(=O)c1ccc(C)cc1)=C(C(=O)OCC)[n+]1ccccc1. The van der Waals surface area contributed by atoms with Crippen molar-refractivity contribution in [1.29, 1.82) is 0 Å². The van der Waals surface area contributed by atoms with E-state index in [1.165, 1.54) is 16.7 Å². The van der Waals surface area contributed by atoms with Gasteiger partial charge in [-0.3, -0.25) is 9.52 Å². The number of rotatable bonds is 10. The van der Waals surface area contributed by atoms with Crippen molar-refractivity contribution in [3.05, 3.63) is 65.5 Å². The second-order valence-electron chi connectivity index (χ2n) is 6.19. The van der Waals surface area contributed by atoms with Crippen molar-refractivity contribution in [3.8, 4) is 0 Å². The quantitative estimate of drug-likeness (QED) is 0.326. The number of pyridine rings is 1. The lowest BCUT2D eigenvalue weighted by molar-refractivity contribution is -0.578. The Morgan fingerprint density at radius 3 is 2.19 bits per heavy atom. The van der Waals surface area contributed by atoms with Crippen LogP contribution in [0, 0.1) is 6.92 Å². The predicted octanol–water partition coefficient (Wildman–Crippen LogP) is 2.25. The molecule has 0 amide bonds. The van der Waals surface area contributed by atoms with Gasteiger partial charge in [0.2, 0.25) is 0 Å². The first-order valence-corrected chi connectivity index (χ1v) is 12.0. The van der Waals surface area contributed by atoms with Gasteiger partial charge < -0.3 is 9.47 Å². The summed E-state index contributed by atoms with van der Waals surface area (Å²) in [6, 6.07) is 11.4. The van der Waals surface area contributed by atoms with E-state index < -0.39 is 22.0 Å². The first-order chi connectivity index (χ1) is 14.8. The number of sulfonamides is 1. The first kappa shape index (κ1) is 24.4. The molecule has 1 heterocycles. The minimum absolute atomic E-state index is 0.0219. The second-order valence-corrected chi connectivity index (χ2v) is 8.86. The Balaban J connectivity index is 2.55. The van der Waals surface area contributed by atoms with E-state index in [2.05, 4.69) is 4.72 Å². The summed E-state index contributed by atoms with van der Waals surface area (Å²) in [6.07, 6.45) is 3.16. The molecule has 0 aliphatic rings. The summed E-state index contributed by atoms with van der Waals surface area (Å²) >= 11 is 0.845. The van der Waals surface area contributed by atoms with Crippen LogP contribution in [-0.2, 0) is 29.1 Å². The molecule has 0 atom stereocenters. The Labute approximate surface area is 186 Å². The lowest BCUT2D eigenvalue weighted by Gasteiger charge is -2.13. The number of nitrogens with zero attached hydrogens (tertiary/aromatic N) is 1. The first-order valence-electron chi connectivity index (χ1n) is 9.54. The van der Waals surface area contributed by atoms with E-state index in [1.807, 2.05) is 6.92 Å². The number of esters is 2. The van der Waals surface area contributed by atoms with Crippen molar-refractivity contribution in [3.63, 3.8) is 0 Å². The highest BCUT2D eigenvalue weighted by Gasteiger charge is 2.31. The molecule has 31 heavy (non-hydrogen) atoms. The molecule has 0 aliphatic heterocycles. The summed E-state index contributed by atoms with van der Waals surface area (Å²) in [5.41, 5.74) is 0.839. The molecule has 2 aromatic rings. The molecule has 0 bridgehead atoms. The Kier molecular flexibility index (Phi) is 9.07. The van der Waals surface area contributed by atoms with Gasteiger partial charge in [0.1, 0.15) is 0 Å². The van der Waals surface area contributed by atoms with Gasteiger partial charge in [-0.1, -0.05) is 35.5 Å². The average molecular weight is 466 g/mol. The maximum absolute atomic E-state index is 13.0. The minimum atomic E-state index is -4.04. The van der Waals surface area contributed by atoms with Gasteiger partial charge in [0.05, 0.1) is 23.9 Å².